The lowest BCUT2D eigenvalue weighted by molar-refractivity contribution is -0.117. The van der Waals surface area contributed by atoms with E-state index in [0.29, 0.717) is 17.2 Å². The molecule has 0 atom stereocenters. The molecule has 2 N–H and O–H groups in total. The van der Waals surface area contributed by atoms with E-state index < -0.39 is 0 Å². The smallest absolute Gasteiger partial charge is 0.251 e. The minimum atomic E-state index is -0.360. The van der Waals surface area contributed by atoms with Gasteiger partial charge in [0, 0.05) is 36.3 Å². The number of anilines is 1. The van der Waals surface area contributed by atoms with E-state index in [1.807, 2.05) is 5.38 Å². The molecule has 1 saturated heterocycles. The van der Waals surface area contributed by atoms with Crippen molar-refractivity contribution in [3.63, 3.8) is 0 Å². The fraction of sp³-hybridized carbons (Fsp3) is 0.353. The van der Waals surface area contributed by atoms with E-state index in [1.165, 1.54) is 35.6 Å². The second-order valence-electron chi connectivity index (χ2n) is 5.92. The van der Waals surface area contributed by atoms with Crippen molar-refractivity contribution < 1.29 is 14.0 Å². The number of thiazole rings is 1. The summed E-state index contributed by atoms with van der Waals surface area (Å²) >= 11 is 1.39. The largest absolute Gasteiger partial charge is 0.349 e. The molecule has 3 rings (SSSR count). The third kappa shape index (κ3) is 5.07. The molecule has 25 heavy (non-hydrogen) atoms. The van der Waals surface area contributed by atoms with E-state index in [4.69, 9.17) is 0 Å². The summed E-state index contributed by atoms with van der Waals surface area (Å²) in [5.41, 5.74) is 0.451. The highest BCUT2D eigenvalue weighted by Gasteiger charge is 2.22. The fourth-order valence-electron chi connectivity index (χ4n) is 2.75. The summed E-state index contributed by atoms with van der Waals surface area (Å²) in [6.07, 6.45) is 3.20. The van der Waals surface area contributed by atoms with Gasteiger partial charge in [-0.05, 0) is 37.1 Å². The molecule has 2 amide bonds. The summed E-state index contributed by atoms with van der Waals surface area (Å²) in [5, 5.41) is 8.15. The minimum Gasteiger partial charge on any atom is -0.349 e. The summed E-state index contributed by atoms with van der Waals surface area (Å²) < 4.78 is 12.9. The van der Waals surface area contributed by atoms with Gasteiger partial charge in [-0.3, -0.25) is 14.5 Å². The van der Waals surface area contributed by atoms with E-state index in [-0.39, 0.29) is 23.7 Å². The topological polar surface area (TPSA) is 74.3 Å². The number of rotatable bonds is 5. The molecule has 1 aliphatic rings. The van der Waals surface area contributed by atoms with E-state index >= 15 is 0 Å². The molecule has 2 aromatic rings. The van der Waals surface area contributed by atoms with Crippen LogP contribution in [0.2, 0.25) is 0 Å². The first-order valence-corrected chi connectivity index (χ1v) is 8.96. The summed E-state index contributed by atoms with van der Waals surface area (Å²) in [6, 6.07) is 5.57. The maximum atomic E-state index is 12.9. The normalized spacial score (nSPS) is 15.7. The molecule has 1 aromatic carbocycles. The first-order valence-electron chi connectivity index (χ1n) is 8.08. The Hall–Kier alpha value is -2.32. The van der Waals surface area contributed by atoms with E-state index in [9.17, 15) is 14.0 Å². The highest BCUT2D eigenvalue weighted by Crippen LogP contribution is 2.13. The Bertz CT molecular complexity index is 713. The SMILES string of the molecule is O=C(CN1CCC(NC(=O)c2ccc(F)cc2)CC1)Nc1nccs1. The van der Waals surface area contributed by atoms with Gasteiger partial charge in [0.05, 0.1) is 6.54 Å². The van der Waals surface area contributed by atoms with Gasteiger partial charge in [-0.15, -0.1) is 11.3 Å². The van der Waals surface area contributed by atoms with Crippen molar-refractivity contribution in [2.75, 3.05) is 25.0 Å². The molecule has 8 heteroatoms. The Morgan fingerprint density at radius 1 is 1.24 bits per heavy atom. The van der Waals surface area contributed by atoms with Crippen LogP contribution in [0.1, 0.15) is 23.2 Å². The van der Waals surface area contributed by atoms with Crippen LogP contribution < -0.4 is 10.6 Å². The number of carbonyl (C=O) groups is 2. The number of likely N-dealkylation sites (tertiary alicyclic amines) is 1. The van der Waals surface area contributed by atoms with Crippen molar-refractivity contribution in [1.29, 1.82) is 0 Å². The molecule has 1 aliphatic heterocycles. The van der Waals surface area contributed by atoms with Gasteiger partial charge in [-0.25, -0.2) is 9.37 Å². The Morgan fingerprint density at radius 3 is 2.60 bits per heavy atom. The van der Waals surface area contributed by atoms with Crippen LogP contribution in [0.5, 0.6) is 0 Å². The van der Waals surface area contributed by atoms with Crippen LogP contribution in [0.4, 0.5) is 9.52 Å². The Morgan fingerprint density at radius 2 is 1.96 bits per heavy atom. The Balaban J connectivity index is 1.41. The fourth-order valence-corrected chi connectivity index (χ4v) is 3.30. The van der Waals surface area contributed by atoms with E-state index in [1.54, 1.807) is 6.20 Å². The summed E-state index contributed by atoms with van der Waals surface area (Å²) in [4.78, 5) is 30.2. The maximum absolute atomic E-state index is 12.9. The number of nitrogens with zero attached hydrogens (tertiary/aromatic N) is 2. The molecule has 0 bridgehead atoms. The van der Waals surface area contributed by atoms with Crippen LogP contribution in [0.15, 0.2) is 35.8 Å². The quantitative estimate of drug-likeness (QED) is 0.854. The van der Waals surface area contributed by atoms with Crippen molar-refractivity contribution in [2.45, 2.75) is 18.9 Å². The monoisotopic (exact) mass is 362 g/mol. The zero-order valence-electron chi connectivity index (χ0n) is 13.6. The predicted octanol–water partition coefficient (Wildman–Crippen LogP) is 2.12. The van der Waals surface area contributed by atoms with Gasteiger partial charge >= 0.3 is 0 Å². The molecular weight excluding hydrogens is 343 g/mol. The average Bonchev–Trinajstić information content (AvgIpc) is 3.10. The second-order valence-corrected chi connectivity index (χ2v) is 6.81. The van der Waals surface area contributed by atoms with Gasteiger partial charge in [0.1, 0.15) is 5.82 Å². The Kier molecular flexibility index (Phi) is 5.72. The predicted molar refractivity (Wildman–Crippen MR) is 94.1 cm³/mol. The number of aromatic nitrogens is 1. The van der Waals surface area contributed by atoms with E-state index in [2.05, 4.69) is 20.5 Å². The minimum absolute atomic E-state index is 0.0656. The lowest BCUT2D eigenvalue weighted by atomic mass is 10.0. The number of benzene rings is 1. The zero-order chi connectivity index (χ0) is 17.6. The van der Waals surface area contributed by atoms with Crippen LogP contribution in [-0.4, -0.2) is 47.4 Å². The lowest BCUT2D eigenvalue weighted by Gasteiger charge is -2.31. The average molecular weight is 362 g/mol. The molecule has 0 unspecified atom stereocenters. The van der Waals surface area contributed by atoms with Gasteiger partial charge in [0.25, 0.3) is 5.91 Å². The van der Waals surface area contributed by atoms with Crippen molar-refractivity contribution in [3.8, 4) is 0 Å². The van der Waals surface area contributed by atoms with Crippen molar-refractivity contribution in [2.24, 2.45) is 0 Å². The number of hydrogen-bond donors (Lipinski definition) is 2. The second kappa shape index (κ2) is 8.17. The van der Waals surface area contributed by atoms with Crippen LogP contribution >= 0.6 is 11.3 Å². The number of nitrogens with one attached hydrogen (secondary N) is 2. The highest BCUT2D eigenvalue weighted by atomic mass is 32.1. The maximum Gasteiger partial charge on any atom is 0.251 e. The molecule has 1 aromatic heterocycles. The van der Waals surface area contributed by atoms with Crippen LogP contribution in [0, 0.1) is 5.82 Å². The molecule has 132 valence electrons. The van der Waals surface area contributed by atoms with E-state index in [0.717, 1.165) is 25.9 Å². The summed E-state index contributed by atoms with van der Waals surface area (Å²) in [7, 11) is 0. The van der Waals surface area contributed by atoms with Crippen LogP contribution in [-0.2, 0) is 4.79 Å². The third-order valence-electron chi connectivity index (χ3n) is 4.08. The Labute approximate surface area is 149 Å². The van der Waals surface area contributed by atoms with Crippen molar-refractivity contribution in [3.05, 3.63) is 47.2 Å². The van der Waals surface area contributed by atoms with Gasteiger partial charge in [0.2, 0.25) is 5.91 Å². The van der Waals surface area contributed by atoms with Gasteiger partial charge in [-0.1, -0.05) is 0 Å². The first-order chi connectivity index (χ1) is 12.1. The van der Waals surface area contributed by atoms with Gasteiger partial charge in [-0.2, -0.15) is 0 Å². The number of hydrogen-bond acceptors (Lipinski definition) is 5. The molecule has 6 nitrogen and oxygen atoms in total. The first kappa shape index (κ1) is 17.5. The van der Waals surface area contributed by atoms with Gasteiger partial charge in [0.15, 0.2) is 5.13 Å². The molecule has 1 fully saturated rings. The molecule has 0 spiro atoms. The number of piperidine rings is 1. The molecule has 2 heterocycles. The van der Waals surface area contributed by atoms with Crippen molar-refractivity contribution >= 4 is 28.3 Å². The number of carbonyl (C=O) groups excluding carboxylic acids is 2. The lowest BCUT2D eigenvalue weighted by Crippen LogP contribution is -2.46. The molecule has 0 saturated carbocycles. The van der Waals surface area contributed by atoms with Gasteiger partial charge < -0.3 is 10.6 Å². The zero-order valence-corrected chi connectivity index (χ0v) is 14.4. The van der Waals surface area contributed by atoms with Crippen LogP contribution in [0.3, 0.4) is 0 Å². The van der Waals surface area contributed by atoms with Crippen molar-refractivity contribution in [1.82, 2.24) is 15.2 Å². The molecule has 0 radical (unpaired) electrons. The number of amides is 2. The third-order valence-corrected chi connectivity index (χ3v) is 4.76. The molecule has 0 aliphatic carbocycles. The molecular formula is C17H19FN4O2S. The summed E-state index contributed by atoms with van der Waals surface area (Å²) in [5.74, 6) is -0.635. The highest BCUT2D eigenvalue weighted by molar-refractivity contribution is 7.13. The van der Waals surface area contributed by atoms with Crippen LogP contribution in [0.25, 0.3) is 0 Å². The number of halogens is 1. The standard InChI is InChI=1S/C17H19FN4O2S/c18-13-3-1-12(2-4-13)16(24)20-14-5-8-22(9-6-14)11-15(23)21-17-19-7-10-25-17/h1-4,7,10,14H,5-6,8-9,11H2,(H,20,24)(H,19,21,23). The summed E-state index contributed by atoms with van der Waals surface area (Å²) in [6.45, 7) is 1.79.